The van der Waals surface area contributed by atoms with Crippen molar-refractivity contribution in [1.29, 1.82) is 0 Å². The van der Waals surface area contributed by atoms with E-state index < -0.39 is 0 Å². The molecule has 0 spiro atoms. The number of hydrogen-bond donors (Lipinski definition) is 1. The summed E-state index contributed by atoms with van der Waals surface area (Å²) in [5.74, 6) is 0.923. The van der Waals surface area contributed by atoms with Crippen LogP contribution in [0.5, 0.6) is 5.75 Å². The van der Waals surface area contributed by atoms with Crippen LogP contribution >= 0.6 is 27.3 Å². The molecule has 19 heavy (non-hydrogen) atoms. The van der Waals surface area contributed by atoms with Crippen molar-refractivity contribution in [2.75, 3.05) is 14.2 Å². The maximum Gasteiger partial charge on any atom is 0.123 e. The van der Waals surface area contributed by atoms with E-state index in [0.717, 1.165) is 9.54 Å². The minimum Gasteiger partial charge on any atom is -0.496 e. The number of nitrogens with one attached hydrogen (secondary N) is 1. The van der Waals surface area contributed by atoms with Crippen molar-refractivity contribution in [2.24, 2.45) is 0 Å². The summed E-state index contributed by atoms with van der Waals surface area (Å²) in [4.78, 5) is 1.31. The summed E-state index contributed by atoms with van der Waals surface area (Å²) in [7, 11) is 3.70. The van der Waals surface area contributed by atoms with E-state index in [2.05, 4.69) is 53.3 Å². The zero-order chi connectivity index (χ0) is 14.0. The molecule has 0 aliphatic carbocycles. The molecule has 0 aliphatic rings. The van der Waals surface area contributed by atoms with E-state index >= 15 is 0 Å². The largest absolute Gasteiger partial charge is 0.496 e. The first-order chi connectivity index (χ1) is 9.06. The molecule has 0 aliphatic heterocycles. The van der Waals surface area contributed by atoms with Gasteiger partial charge in [0.15, 0.2) is 0 Å². The Balaban J connectivity index is 2.53. The molecule has 1 heterocycles. The molecule has 0 saturated carbocycles. The van der Waals surface area contributed by atoms with E-state index in [-0.39, 0.29) is 6.04 Å². The van der Waals surface area contributed by atoms with Crippen LogP contribution in [0.4, 0.5) is 0 Å². The topological polar surface area (TPSA) is 21.3 Å². The first-order valence-corrected chi connectivity index (χ1v) is 7.75. The van der Waals surface area contributed by atoms with E-state index in [1.54, 1.807) is 18.4 Å². The summed E-state index contributed by atoms with van der Waals surface area (Å²) in [6.45, 7) is 4.25. The zero-order valence-electron chi connectivity index (χ0n) is 11.6. The number of methoxy groups -OCH3 is 1. The molecule has 0 radical (unpaired) electrons. The smallest absolute Gasteiger partial charge is 0.123 e. The van der Waals surface area contributed by atoms with E-state index in [1.165, 1.54) is 21.6 Å². The van der Waals surface area contributed by atoms with Gasteiger partial charge in [0.1, 0.15) is 5.75 Å². The van der Waals surface area contributed by atoms with E-state index in [0.29, 0.717) is 0 Å². The van der Waals surface area contributed by atoms with Gasteiger partial charge in [0.05, 0.1) is 16.9 Å². The van der Waals surface area contributed by atoms with Gasteiger partial charge in [-0.25, -0.2) is 0 Å². The van der Waals surface area contributed by atoms with Crippen LogP contribution in [0.2, 0.25) is 0 Å². The summed E-state index contributed by atoms with van der Waals surface area (Å²) in [5, 5.41) is 3.40. The fraction of sp³-hybridized carbons (Fsp3) is 0.333. The zero-order valence-corrected chi connectivity index (χ0v) is 14.0. The highest BCUT2D eigenvalue weighted by Crippen LogP contribution is 2.37. The van der Waals surface area contributed by atoms with Gasteiger partial charge in [-0.2, -0.15) is 0 Å². The molecule has 0 bridgehead atoms. The van der Waals surface area contributed by atoms with Gasteiger partial charge in [-0.15, -0.1) is 11.3 Å². The standard InChI is InChI=1S/C15H18BrNOS/c1-9-5-6-13(18-4)12(7-9)15(17-3)11-8-14(16)19-10(11)2/h5-8,15,17H,1-4H3. The lowest BCUT2D eigenvalue weighted by atomic mass is 9.97. The Labute approximate surface area is 126 Å². The molecule has 2 rings (SSSR count). The number of rotatable bonds is 4. The van der Waals surface area contributed by atoms with Gasteiger partial charge in [0.25, 0.3) is 0 Å². The average Bonchev–Trinajstić information content (AvgIpc) is 2.70. The summed E-state index contributed by atoms with van der Waals surface area (Å²) in [6, 6.07) is 8.63. The molecule has 0 amide bonds. The second-order valence-corrected chi connectivity index (χ2v) is 7.16. The van der Waals surface area contributed by atoms with Crippen LogP contribution in [0.15, 0.2) is 28.1 Å². The Morgan fingerprint density at radius 1 is 1.21 bits per heavy atom. The third-order valence-electron chi connectivity index (χ3n) is 3.22. The quantitative estimate of drug-likeness (QED) is 0.888. The minimum absolute atomic E-state index is 0.150. The van der Waals surface area contributed by atoms with Gasteiger partial charge in [0, 0.05) is 10.4 Å². The molecule has 1 aromatic carbocycles. The van der Waals surface area contributed by atoms with Gasteiger partial charge in [0.2, 0.25) is 0 Å². The highest BCUT2D eigenvalue weighted by atomic mass is 79.9. The molecule has 1 atom stereocenters. The SMILES string of the molecule is CNC(c1cc(C)ccc1OC)c1cc(Br)sc1C. The normalized spacial score (nSPS) is 12.5. The predicted octanol–water partition coefficient (Wildman–Crippen LogP) is 4.44. The summed E-state index contributed by atoms with van der Waals surface area (Å²) in [5.41, 5.74) is 3.71. The molecule has 0 saturated heterocycles. The molecular weight excluding hydrogens is 322 g/mol. The van der Waals surface area contributed by atoms with Crippen LogP contribution < -0.4 is 10.1 Å². The van der Waals surface area contributed by atoms with Gasteiger partial charge in [-0.1, -0.05) is 17.7 Å². The Kier molecular flexibility index (Phi) is 4.66. The Hall–Kier alpha value is -0.840. The Morgan fingerprint density at radius 2 is 1.95 bits per heavy atom. The maximum atomic E-state index is 5.50. The molecular formula is C15H18BrNOS. The predicted molar refractivity (Wildman–Crippen MR) is 85.4 cm³/mol. The summed E-state index contributed by atoms with van der Waals surface area (Å²) < 4.78 is 6.66. The van der Waals surface area contributed by atoms with Crippen LogP contribution in [-0.2, 0) is 0 Å². The van der Waals surface area contributed by atoms with Crippen molar-refractivity contribution in [3.63, 3.8) is 0 Å². The highest BCUT2D eigenvalue weighted by molar-refractivity contribution is 9.11. The summed E-state index contributed by atoms with van der Waals surface area (Å²) >= 11 is 5.32. The number of aryl methyl sites for hydroxylation is 2. The Morgan fingerprint density at radius 3 is 2.47 bits per heavy atom. The van der Waals surface area contributed by atoms with Gasteiger partial charge >= 0.3 is 0 Å². The second-order valence-electron chi connectivity index (χ2n) is 4.53. The average molecular weight is 340 g/mol. The molecule has 0 fully saturated rings. The number of halogens is 1. The van der Waals surface area contributed by atoms with Crippen molar-refractivity contribution in [1.82, 2.24) is 5.32 Å². The van der Waals surface area contributed by atoms with Crippen molar-refractivity contribution in [3.8, 4) is 5.75 Å². The fourth-order valence-electron chi connectivity index (χ4n) is 2.30. The molecule has 2 nitrogen and oxygen atoms in total. The molecule has 102 valence electrons. The van der Waals surface area contributed by atoms with Crippen molar-refractivity contribution >= 4 is 27.3 Å². The number of thiophene rings is 1. The maximum absolute atomic E-state index is 5.50. The number of benzene rings is 1. The van der Waals surface area contributed by atoms with Crippen LogP contribution in [0.25, 0.3) is 0 Å². The fourth-order valence-corrected chi connectivity index (χ4v) is 4.05. The molecule has 1 N–H and O–H groups in total. The van der Waals surface area contributed by atoms with E-state index in [1.807, 2.05) is 13.1 Å². The van der Waals surface area contributed by atoms with E-state index in [4.69, 9.17) is 4.74 Å². The van der Waals surface area contributed by atoms with Crippen LogP contribution in [0.3, 0.4) is 0 Å². The summed E-state index contributed by atoms with van der Waals surface area (Å²) in [6.07, 6.45) is 0. The molecule has 1 unspecified atom stereocenters. The third kappa shape index (κ3) is 3.02. The van der Waals surface area contributed by atoms with Crippen LogP contribution in [0, 0.1) is 13.8 Å². The molecule has 2 aromatic rings. The Bertz CT molecular complexity index is 580. The van der Waals surface area contributed by atoms with Crippen LogP contribution in [0.1, 0.15) is 27.6 Å². The first kappa shape index (κ1) is 14.6. The van der Waals surface area contributed by atoms with Gasteiger partial charge in [-0.05, 0) is 54.5 Å². The third-order valence-corrected chi connectivity index (χ3v) is 4.79. The number of hydrogen-bond acceptors (Lipinski definition) is 3. The van der Waals surface area contributed by atoms with Crippen molar-refractivity contribution in [3.05, 3.63) is 49.6 Å². The van der Waals surface area contributed by atoms with Crippen molar-refractivity contribution in [2.45, 2.75) is 19.9 Å². The molecule has 4 heteroatoms. The lowest BCUT2D eigenvalue weighted by Crippen LogP contribution is -2.18. The lowest BCUT2D eigenvalue weighted by Gasteiger charge is -2.20. The highest BCUT2D eigenvalue weighted by Gasteiger charge is 2.20. The molecule has 1 aromatic heterocycles. The van der Waals surface area contributed by atoms with Crippen molar-refractivity contribution < 1.29 is 4.74 Å². The monoisotopic (exact) mass is 339 g/mol. The van der Waals surface area contributed by atoms with Crippen LogP contribution in [-0.4, -0.2) is 14.2 Å². The minimum atomic E-state index is 0.150. The van der Waals surface area contributed by atoms with E-state index in [9.17, 15) is 0 Å². The second kappa shape index (κ2) is 6.07. The van der Waals surface area contributed by atoms with Gasteiger partial charge < -0.3 is 10.1 Å². The first-order valence-electron chi connectivity index (χ1n) is 6.14. The lowest BCUT2D eigenvalue weighted by molar-refractivity contribution is 0.405. The van der Waals surface area contributed by atoms with Gasteiger partial charge in [-0.3, -0.25) is 0 Å². The number of ether oxygens (including phenoxy) is 1.